The molecule has 1 heterocycles. The molecule has 2 aromatic rings. The Balaban J connectivity index is 2.31. The van der Waals surface area contributed by atoms with Crippen LogP contribution in [-0.4, -0.2) is 10.8 Å². The molecule has 3 rings (SSSR count). The number of ketones is 1. The average Bonchev–Trinajstić information content (AvgIpc) is 2.57. The first kappa shape index (κ1) is 10.1. The van der Waals surface area contributed by atoms with Crippen molar-refractivity contribution in [2.75, 3.05) is 0 Å². The quantitative estimate of drug-likeness (QED) is 0.783. The maximum atomic E-state index is 11.9. The van der Waals surface area contributed by atoms with E-state index < -0.39 is 0 Å². The molecule has 1 aromatic carbocycles. The number of aromatic nitrogens is 1. The van der Waals surface area contributed by atoms with E-state index in [9.17, 15) is 4.79 Å². The van der Waals surface area contributed by atoms with E-state index in [2.05, 4.69) is 33.9 Å². The number of H-pyrrole nitrogens is 1. The lowest BCUT2D eigenvalue weighted by atomic mass is 9.87. The van der Waals surface area contributed by atoms with Crippen LogP contribution in [-0.2, 0) is 6.42 Å². The van der Waals surface area contributed by atoms with Crippen molar-refractivity contribution >= 4 is 32.6 Å². The topological polar surface area (TPSA) is 32.9 Å². The summed E-state index contributed by atoms with van der Waals surface area (Å²) in [5, 5.41) is 1.18. The molecule has 2 nitrogen and oxygen atoms in total. The fourth-order valence-corrected chi connectivity index (χ4v) is 2.87. The maximum absolute atomic E-state index is 11.9. The lowest BCUT2D eigenvalue weighted by molar-refractivity contribution is 0.0949. The van der Waals surface area contributed by atoms with Gasteiger partial charge in [-0.1, -0.05) is 22.9 Å². The number of carbonyl (C=O) groups is 1. The van der Waals surface area contributed by atoms with Crippen LogP contribution in [0.1, 0.15) is 29.4 Å². The van der Waals surface area contributed by atoms with Crippen LogP contribution in [0.5, 0.6) is 0 Å². The average molecular weight is 278 g/mol. The Kier molecular flexibility index (Phi) is 2.18. The van der Waals surface area contributed by atoms with Crippen molar-refractivity contribution in [3.8, 4) is 0 Å². The zero-order valence-corrected chi connectivity index (χ0v) is 10.6. The van der Waals surface area contributed by atoms with Crippen LogP contribution in [0.15, 0.2) is 22.7 Å². The maximum Gasteiger partial charge on any atom is 0.179 e. The number of carbonyl (C=O) groups excluding carboxylic acids is 1. The van der Waals surface area contributed by atoms with E-state index >= 15 is 0 Å². The van der Waals surface area contributed by atoms with E-state index in [0.29, 0.717) is 12.3 Å². The number of fused-ring (bicyclic) bond motifs is 3. The first-order chi connectivity index (χ1) is 7.65. The van der Waals surface area contributed by atoms with E-state index in [1.807, 2.05) is 12.1 Å². The van der Waals surface area contributed by atoms with Crippen molar-refractivity contribution in [3.05, 3.63) is 33.9 Å². The van der Waals surface area contributed by atoms with Gasteiger partial charge < -0.3 is 4.98 Å². The molecule has 0 saturated carbocycles. The molecular formula is C13H12BrNO. The SMILES string of the molecule is CC1CC(=O)c2[nH]c3ccc(Br)cc3c2C1. The summed E-state index contributed by atoms with van der Waals surface area (Å²) < 4.78 is 1.06. The molecule has 0 radical (unpaired) electrons. The number of aromatic amines is 1. The molecule has 1 aromatic heterocycles. The smallest absolute Gasteiger partial charge is 0.179 e. The minimum Gasteiger partial charge on any atom is -0.352 e. The van der Waals surface area contributed by atoms with Crippen molar-refractivity contribution in [1.82, 2.24) is 4.98 Å². The van der Waals surface area contributed by atoms with E-state index in [4.69, 9.17) is 0 Å². The number of Topliss-reactive ketones (excluding diaryl/α,β-unsaturated/α-hetero) is 1. The van der Waals surface area contributed by atoms with Gasteiger partial charge in [0.2, 0.25) is 0 Å². The number of hydrogen-bond donors (Lipinski definition) is 1. The molecule has 0 spiro atoms. The molecule has 16 heavy (non-hydrogen) atoms. The molecular weight excluding hydrogens is 266 g/mol. The third-order valence-corrected chi connectivity index (χ3v) is 3.73. The van der Waals surface area contributed by atoms with E-state index in [-0.39, 0.29) is 5.78 Å². The van der Waals surface area contributed by atoms with Crippen LogP contribution in [0.3, 0.4) is 0 Å². The first-order valence-electron chi connectivity index (χ1n) is 5.48. The highest BCUT2D eigenvalue weighted by atomic mass is 79.9. The highest BCUT2D eigenvalue weighted by Crippen LogP contribution is 2.32. The van der Waals surface area contributed by atoms with Gasteiger partial charge in [0.05, 0.1) is 5.69 Å². The molecule has 0 amide bonds. The Bertz CT molecular complexity index is 585. The lowest BCUT2D eigenvalue weighted by Crippen LogP contribution is -2.17. The highest BCUT2D eigenvalue weighted by Gasteiger charge is 2.25. The summed E-state index contributed by atoms with van der Waals surface area (Å²) in [5.41, 5.74) is 3.09. The van der Waals surface area contributed by atoms with E-state index in [0.717, 1.165) is 22.1 Å². The molecule has 1 N–H and O–H groups in total. The molecule has 0 aliphatic heterocycles. The molecule has 0 bridgehead atoms. The van der Waals surface area contributed by atoms with Gasteiger partial charge in [-0.15, -0.1) is 0 Å². The molecule has 82 valence electrons. The zero-order chi connectivity index (χ0) is 11.3. The molecule has 0 saturated heterocycles. The first-order valence-corrected chi connectivity index (χ1v) is 6.28. The van der Waals surface area contributed by atoms with Crippen LogP contribution in [0.4, 0.5) is 0 Å². The Morgan fingerprint density at radius 2 is 2.19 bits per heavy atom. The second-order valence-electron chi connectivity index (χ2n) is 4.61. The van der Waals surface area contributed by atoms with Crippen LogP contribution in [0.2, 0.25) is 0 Å². The van der Waals surface area contributed by atoms with Gasteiger partial charge in [0, 0.05) is 21.8 Å². The van der Waals surface area contributed by atoms with Crippen molar-refractivity contribution in [2.45, 2.75) is 19.8 Å². The molecule has 1 atom stereocenters. The minimum atomic E-state index is 0.251. The monoisotopic (exact) mass is 277 g/mol. The zero-order valence-electron chi connectivity index (χ0n) is 9.01. The molecule has 1 aliphatic rings. The molecule has 0 fully saturated rings. The Morgan fingerprint density at radius 3 is 3.00 bits per heavy atom. The second kappa shape index (κ2) is 3.45. The van der Waals surface area contributed by atoms with Gasteiger partial charge in [-0.3, -0.25) is 4.79 Å². The van der Waals surface area contributed by atoms with Crippen molar-refractivity contribution in [1.29, 1.82) is 0 Å². The number of halogens is 1. The van der Waals surface area contributed by atoms with Crippen molar-refractivity contribution in [3.63, 3.8) is 0 Å². The summed E-state index contributed by atoms with van der Waals surface area (Å²) in [5.74, 6) is 0.707. The predicted octanol–water partition coefficient (Wildman–Crippen LogP) is 3.70. The third-order valence-electron chi connectivity index (χ3n) is 3.23. The third kappa shape index (κ3) is 1.42. The molecule has 1 unspecified atom stereocenters. The Morgan fingerprint density at radius 1 is 1.38 bits per heavy atom. The van der Waals surface area contributed by atoms with Gasteiger partial charge in [-0.25, -0.2) is 0 Å². The Hall–Kier alpha value is -1.09. The fraction of sp³-hybridized carbons (Fsp3) is 0.308. The van der Waals surface area contributed by atoms with E-state index in [1.54, 1.807) is 0 Å². The van der Waals surface area contributed by atoms with Crippen molar-refractivity contribution < 1.29 is 4.79 Å². The predicted molar refractivity (Wildman–Crippen MR) is 67.8 cm³/mol. The number of rotatable bonds is 0. The van der Waals surface area contributed by atoms with Crippen molar-refractivity contribution in [2.24, 2.45) is 5.92 Å². The lowest BCUT2D eigenvalue weighted by Gasteiger charge is -2.16. The summed E-state index contributed by atoms with van der Waals surface area (Å²) >= 11 is 3.48. The van der Waals surface area contributed by atoms with Crippen LogP contribution < -0.4 is 0 Å². The van der Waals surface area contributed by atoms with Gasteiger partial charge in [-0.05, 0) is 36.1 Å². The summed E-state index contributed by atoms with van der Waals surface area (Å²) in [6, 6.07) is 6.11. The van der Waals surface area contributed by atoms with Crippen LogP contribution in [0, 0.1) is 5.92 Å². The minimum absolute atomic E-state index is 0.251. The highest BCUT2D eigenvalue weighted by molar-refractivity contribution is 9.10. The number of hydrogen-bond acceptors (Lipinski definition) is 1. The fourth-order valence-electron chi connectivity index (χ4n) is 2.51. The summed E-state index contributed by atoms with van der Waals surface area (Å²) in [7, 11) is 0. The van der Waals surface area contributed by atoms with Gasteiger partial charge >= 0.3 is 0 Å². The normalized spacial score (nSPS) is 20.1. The summed E-state index contributed by atoms with van der Waals surface area (Å²) in [6.07, 6.45) is 1.67. The standard InChI is InChI=1S/C13H12BrNO/c1-7-4-10-9-6-8(14)2-3-11(9)15-13(10)12(16)5-7/h2-3,6-7,15H,4-5H2,1H3. The number of nitrogens with one attached hydrogen (secondary N) is 1. The molecule has 3 heteroatoms. The summed E-state index contributed by atoms with van der Waals surface area (Å²) in [4.78, 5) is 15.2. The molecule has 1 aliphatic carbocycles. The Labute approximate surface area is 102 Å². The van der Waals surface area contributed by atoms with Crippen LogP contribution in [0.25, 0.3) is 10.9 Å². The summed E-state index contributed by atoms with van der Waals surface area (Å²) in [6.45, 7) is 2.14. The van der Waals surface area contributed by atoms with Gasteiger partial charge in [-0.2, -0.15) is 0 Å². The largest absolute Gasteiger partial charge is 0.352 e. The second-order valence-corrected chi connectivity index (χ2v) is 5.52. The van der Waals surface area contributed by atoms with Gasteiger partial charge in [0.25, 0.3) is 0 Å². The number of benzene rings is 1. The van der Waals surface area contributed by atoms with Gasteiger partial charge in [0.1, 0.15) is 0 Å². The van der Waals surface area contributed by atoms with Crippen LogP contribution >= 0.6 is 15.9 Å². The van der Waals surface area contributed by atoms with E-state index in [1.165, 1.54) is 10.9 Å². The van der Waals surface area contributed by atoms with Gasteiger partial charge in [0.15, 0.2) is 5.78 Å².